The first-order valence-corrected chi connectivity index (χ1v) is 5.95. The van der Waals surface area contributed by atoms with Crippen LogP contribution in [0.5, 0.6) is 0 Å². The molecule has 1 atom stereocenters. The molecule has 0 aromatic heterocycles. The lowest BCUT2D eigenvalue weighted by Crippen LogP contribution is -2.47. The molecular formula is C11H21N3O. The summed E-state index contributed by atoms with van der Waals surface area (Å²) in [5.74, 6) is 0.849. The first-order chi connectivity index (χ1) is 7.18. The van der Waals surface area contributed by atoms with Gasteiger partial charge < -0.3 is 15.7 Å². The van der Waals surface area contributed by atoms with E-state index in [4.69, 9.17) is 0 Å². The second-order valence-corrected chi connectivity index (χ2v) is 4.87. The van der Waals surface area contributed by atoms with E-state index < -0.39 is 5.60 Å². The number of rotatable bonds is 2. The van der Waals surface area contributed by atoms with Crippen molar-refractivity contribution in [3.63, 3.8) is 0 Å². The molecule has 0 amide bonds. The summed E-state index contributed by atoms with van der Waals surface area (Å²) < 4.78 is 0. The molecule has 86 valence electrons. The predicted octanol–water partition coefficient (Wildman–Crippen LogP) is 0.619. The van der Waals surface area contributed by atoms with Gasteiger partial charge in [-0.2, -0.15) is 0 Å². The third-order valence-corrected chi connectivity index (χ3v) is 3.28. The Bertz CT molecular complexity index is 246. The van der Waals surface area contributed by atoms with Gasteiger partial charge in [0.25, 0.3) is 0 Å². The number of hydrogen-bond acceptors (Lipinski definition) is 4. The van der Waals surface area contributed by atoms with Crippen LogP contribution in [0.3, 0.4) is 0 Å². The molecule has 3 N–H and O–H groups in total. The average Bonchev–Trinajstić information content (AvgIpc) is 2.63. The second kappa shape index (κ2) is 4.39. The Hall–Kier alpha value is -0.770. The molecule has 0 spiro atoms. The minimum atomic E-state index is -0.506. The van der Waals surface area contributed by atoms with Crippen LogP contribution in [0, 0.1) is 0 Å². The lowest BCUT2D eigenvalue weighted by atomic mass is 9.85. The van der Waals surface area contributed by atoms with Gasteiger partial charge in [0.05, 0.1) is 12.1 Å². The van der Waals surface area contributed by atoms with E-state index in [2.05, 4.69) is 22.5 Å². The fourth-order valence-corrected chi connectivity index (χ4v) is 2.29. The third kappa shape index (κ3) is 2.84. The van der Waals surface area contributed by atoms with Gasteiger partial charge >= 0.3 is 0 Å². The van der Waals surface area contributed by atoms with Gasteiger partial charge in [0.1, 0.15) is 0 Å². The fourth-order valence-electron chi connectivity index (χ4n) is 2.29. The highest BCUT2D eigenvalue weighted by Crippen LogP contribution is 2.27. The van der Waals surface area contributed by atoms with Crippen molar-refractivity contribution in [3.8, 4) is 0 Å². The molecule has 1 saturated carbocycles. The molecule has 4 nitrogen and oxygen atoms in total. The largest absolute Gasteiger partial charge is 0.388 e. The summed E-state index contributed by atoms with van der Waals surface area (Å²) >= 11 is 0. The van der Waals surface area contributed by atoms with E-state index in [1.54, 1.807) is 0 Å². The van der Waals surface area contributed by atoms with E-state index in [9.17, 15) is 5.11 Å². The first-order valence-electron chi connectivity index (χ1n) is 5.95. The van der Waals surface area contributed by atoms with Crippen LogP contribution in [0.25, 0.3) is 0 Å². The SMILES string of the molecule is CC1CN=C(NCC2(O)CCCCC2)N1. The highest BCUT2D eigenvalue weighted by molar-refractivity contribution is 5.81. The highest BCUT2D eigenvalue weighted by Gasteiger charge is 2.29. The molecule has 2 aliphatic rings. The molecule has 15 heavy (non-hydrogen) atoms. The molecule has 0 aromatic carbocycles. The zero-order chi connectivity index (χ0) is 10.7. The number of hydrogen-bond donors (Lipinski definition) is 3. The topological polar surface area (TPSA) is 56.7 Å². The zero-order valence-electron chi connectivity index (χ0n) is 9.42. The average molecular weight is 211 g/mol. The van der Waals surface area contributed by atoms with Gasteiger partial charge in [0, 0.05) is 12.6 Å². The summed E-state index contributed by atoms with van der Waals surface area (Å²) in [5.41, 5.74) is -0.506. The number of nitrogens with one attached hydrogen (secondary N) is 2. The van der Waals surface area contributed by atoms with Crippen LogP contribution in [0.1, 0.15) is 39.0 Å². The van der Waals surface area contributed by atoms with E-state index >= 15 is 0 Å². The molecule has 0 saturated heterocycles. The Morgan fingerprint density at radius 2 is 2.20 bits per heavy atom. The van der Waals surface area contributed by atoms with Crippen molar-refractivity contribution < 1.29 is 5.11 Å². The van der Waals surface area contributed by atoms with Crippen LogP contribution in [-0.4, -0.2) is 35.8 Å². The van der Waals surface area contributed by atoms with Crippen molar-refractivity contribution in [2.24, 2.45) is 4.99 Å². The number of aliphatic imine (C=N–C) groups is 1. The second-order valence-electron chi connectivity index (χ2n) is 4.87. The molecule has 1 fully saturated rings. The molecule has 2 rings (SSSR count). The number of guanidine groups is 1. The third-order valence-electron chi connectivity index (χ3n) is 3.28. The number of nitrogens with zero attached hydrogens (tertiary/aromatic N) is 1. The van der Waals surface area contributed by atoms with Crippen LogP contribution in [0.15, 0.2) is 4.99 Å². The Balaban J connectivity index is 1.77. The van der Waals surface area contributed by atoms with Gasteiger partial charge in [-0.15, -0.1) is 0 Å². The van der Waals surface area contributed by atoms with Crippen molar-refractivity contribution in [1.29, 1.82) is 0 Å². The van der Waals surface area contributed by atoms with Crippen molar-refractivity contribution >= 4 is 5.96 Å². The summed E-state index contributed by atoms with van der Waals surface area (Å²) in [6.07, 6.45) is 5.40. The summed E-state index contributed by atoms with van der Waals surface area (Å²) in [5, 5.41) is 16.7. The lowest BCUT2D eigenvalue weighted by Gasteiger charge is -2.32. The molecule has 1 aliphatic carbocycles. The van der Waals surface area contributed by atoms with Crippen molar-refractivity contribution in [2.75, 3.05) is 13.1 Å². The normalized spacial score (nSPS) is 29.5. The van der Waals surface area contributed by atoms with E-state index in [0.717, 1.165) is 38.2 Å². The first kappa shape index (κ1) is 10.7. The van der Waals surface area contributed by atoms with E-state index in [-0.39, 0.29) is 0 Å². The zero-order valence-corrected chi connectivity index (χ0v) is 9.42. The van der Waals surface area contributed by atoms with Crippen LogP contribution in [-0.2, 0) is 0 Å². The predicted molar refractivity (Wildman–Crippen MR) is 60.9 cm³/mol. The smallest absolute Gasteiger partial charge is 0.191 e. The van der Waals surface area contributed by atoms with Gasteiger partial charge in [-0.05, 0) is 19.8 Å². The molecule has 1 unspecified atom stereocenters. The quantitative estimate of drug-likeness (QED) is 0.627. The van der Waals surface area contributed by atoms with E-state index in [1.165, 1.54) is 6.42 Å². The maximum atomic E-state index is 10.3. The molecule has 0 bridgehead atoms. The Morgan fingerprint density at radius 1 is 1.47 bits per heavy atom. The summed E-state index contributed by atoms with van der Waals surface area (Å²) in [4.78, 5) is 4.32. The minimum Gasteiger partial charge on any atom is -0.388 e. The minimum absolute atomic E-state index is 0.425. The van der Waals surface area contributed by atoms with Gasteiger partial charge in [-0.1, -0.05) is 19.3 Å². The highest BCUT2D eigenvalue weighted by atomic mass is 16.3. The van der Waals surface area contributed by atoms with Gasteiger partial charge in [0.2, 0.25) is 0 Å². The van der Waals surface area contributed by atoms with Crippen LogP contribution >= 0.6 is 0 Å². The van der Waals surface area contributed by atoms with Crippen molar-refractivity contribution in [3.05, 3.63) is 0 Å². The summed E-state index contributed by atoms with van der Waals surface area (Å²) in [6, 6.07) is 0.425. The Labute approximate surface area is 91.2 Å². The van der Waals surface area contributed by atoms with E-state index in [0.29, 0.717) is 12.6 Å². The maximum Gasteiger partial charge on any atom is 0.191 e. The molecular weight excluding hydrogens is 190 g/mol. The number of aliphatic hydroxyl groups is 1. The monoisotopic (exact) mass is 211 g/mol. The molecule has 1 aliphatic heterocycles. The Kier molecular flexibility index (Phi) is 3.14. The molecule has 0 radical (unpaired) electrons. The summed E-state index contributed by atoms with van der Waals surface area (Å²) in [6.45, 7) is 3.57. The van der Waals surface area contributed by atoms with Crippen LogP contribution in [0.2, 0.25) is 0 Å². The molecule has 0 aromatic rings. The fraction of sp³-hybridized carbons (Fsp3) is 0.909. The summed E-state index contributed by atoms with van der Waals surface area (Å²) in [7, 11) is 0. The van der Waals surface area contributed by atoms with Gasteiger partial charge in [-0.3, -0.25) is 4.99 Å². The standard InChI is InChI=1S/C11H21N3O/c1-9-7-12-10(14-9)13-8-11(15)5-3-2-4-6-11/h9,15H,2-8H2,1H3,(H2,12,13,14). The van der Waals surface area contributed by atoms with Crippen LogP contribution < -0.4 is 10.6 Å². The molecule has 1 heterocycles. The van der Waals surface area contributed by atoms with Gasteiger partial charge in [0.15, 0.2) is 5.96 Å². The van der Waals surface area contributed by atoms with Crippen molar-refractivity contribution in [1.82, 2.24) is 10.6 Å². The maximum absolute atomic E-state index is 10.3. The lowest BCUT2D eigenvalue weighted by molar-refractivity contribution is 0.00863. The molecule has 4 heteroatoms. The Morgan fingerprint density at radius 3 is 2.80 bits per heavy atom. The van der Waals surface area contributed by atoms with E-state index in [1.807, 2.05) is 0 Å². The van der Waals surface area contributed by atoms with Gasteiger partial charge in [-0.25, -0.2) is 0 Å². The van der Waals surface area contributed by atoms with Crippen LogP contribution in [0.4, 0.5) is 0 Å². The van der Waals surface area contributed by atoms with Crippen molar-refractivity contribution in [2.45, 2.75) is 50.7 Å².